The van der Waals surface area contributed by atoms with Crippen molar-refractivity contribution in [3.63, 3.8) is 0 Å². The molecule has 3 aliphatic heterocycles. The molecule has 4 N–H and O–H groups in total. The smallest absolute Gasteiger partial charge is 0.274 e. The number of benzene rings is 2. The number of hydrogen-bond acceptors (Lipinski definition) is 9. The van der Waals surface area contributed by atoms with Crippen LogP contribution in [-0.4, -0.2) is 24.1 Å². The van der Waals surface area contributed by atoms with Gasteiger partial charge in [-0.25, -0.2) is 0 Å². The number of nitrogens with zero attached hydrogens (tertiary/aromatic N) is 2. The number of nitriles is 1. The maximum absolute atomic E-state index is 13.3. The van der Waals surface area contributed by atoms with Crippen LogP contribution in [-0.2, 0) is 4.79 Å². The molecule has 4 heterocycles. The molecule has 2 aromatic carbocycles. The van der Waals surface area contributed by atoms with Crippen LogP contribution in [0.5, 0.6) is 23.0 Å². The van der Waals surface area contributed by atoms with Crippen LogP contribution in [0.1, 0.15) is 17.0 Å². The zero-order valence-corrected chi connectivity index (χ0v) is 18.8. The molecule has 3 aliphatic rings. The number of primary amides is 1. The van der Waals surface area contributed by atoms with E-state index in [0.717, 1.165) is 11.3 Å². The quantitative estimate of drug-likeness (QED) is 0.533. The van der Waals surface area contributed by atoms with Crippen molar-refractivity contribution < 1.29 is 23.7 Å². The first-order valence-electron chi connectivity index (χ1n) is 10.4. The third kappa shape index (κ3) is 3.15. The molecule has 0 spiro atoms. The molecule has 0 unspecified atom stereocenters. The van der Waals surface area contributed by atoms with Crippen molar-refractivity contribution in [1.29, 1.82) is 5.26 Å². The van der Waals surface area contributed by atoms with Crippen molar-refractivity contribution in [1.82, 2.24) is 4.57 Å². The van der Waals surface area contributed by atoms with E-state index in [2.05, 4.69) is 6.07 Å². The van der Waals surface area contributed by atoms with Gasteiger partial charge >= 0.3 is 0 Å². The highest BCUT2D eigenvalue weighted by Crippen LogP contribution is 2.41. The number of ether oxygens (including phenoxy) is 4. The Kier molecular flexibility index (Phi) is 4.58. The average Bonchev–Trinajstić information content (AvgIpc) is 3.57. The standard InChI is InChI=1S/C24H16N4O6S/c25-8-13-19(12-2-4-15-17(7-12)34-10-32-15)20(22(27)29)24-28(21(13)26)23(30)18(35-24)6-11-1-3-14-16(5-11)33-9-31-14/h1-7,19H,9-10,26H2,(H2,27,29)/b18-6+/t19-/m1/s1. The summed E-state index contributed by atoms with van der Waals surface area (Å²) in [6, 6.07) is 12.4. The molecular formula is C24H16N4O6S. The first-order chi connectivity index (χ1) is 17.0. The molecule has 0 radical (unpaired) electrons. The molecule has 0 saturated carbocycles. The lowest BCUT2D eigenvalue weighted by Crippen LogP contribution is -2.41. The Balaban J connectivity index is 1.60. The number of fused-ring (bicyclic) bond motifs is 3. The molecule has 1 atom stereocenters. The van der Waals surface area contributed by atoms with Crippen molar-refractivity contribution in [2.45, 2.75) is 5.92 Å². The Morgan fingerprint density at radius 3 is 2.40 bits per heavy atom. The molecule has 3 aromatic rings. The fourth-order valence-corrected chi connectivity index (χ4v) is 5.55. The van der Waals surface area contributed by atoms with Gasteiger partial charge in [-0.2, -0.15) is 5.26 Å². The van der Waals surface area contributed by atoms with Gasteiger partial charge in [0.1, 0.15) is 10.5 Å². The predicted octanol–water partition coefficient (Wildman–Crippen LogP) is 0.280. The normalized spacial score (nSPS) is 18.0. The summed E-state index contributed by atoms with van der Waals surface area (Å²) in [5, 5.41) is 9.98. The fourth-order valence-electron chi connectivity index (χ4n) is 4.37. The second-order valence-electron chi connectivity index (χ2n) is 7.90. The van der Waals surface area contributed by atoms with E-state index in [9.17, 15) is 14.9 Å². The van der Waals surface area contributed by atoms with E-state index >= 15 is 0 Å². The van der Waals surface area contributed by atoms with E-state index in [0.29, 0.717) is 38.7 Å². The van der Waals surface area contributed by atoms with Gasteiger partial charge in [-0.3, -0.25) is 14.2 Å². The van der Waals surface area contributed by atoms with Crippen molar-refractivity contribution in [2.75, 3.05) is 13.6 Å². The molecule has 0 saturated heterocycles. The van der Waals surface area contributed by atoms with Crippen LogP contribution in [0, 0.1) is 11.3 Å². The number of hydrogen-bond donors (Lipinski definition) is 2. The van der Waals surface area contributed by atoms with Crippen LogP contribution in [0.3, 0.4) is 0 Å². The van der Waals surface area contributed by atoms with E-state index in [1.54, 1.807) is 42.5 Å². The second kappa shape index (κ2) is 7.68. The lowest BCUT2D eigenvalue weighted by molar-refractivity contribution is -0.113. The van der Waals surface area contributed by atoms with Crippen LogP contribution in [0.15, 0.2) is 46.8 Å². The van der Waals surface area contributed by atoms with Gasteiger partial charge in [0, 0.05) is 0 Å². The van der Waals surface area contributed by atoms with E-state index in [4.69, 9.17) is 30.4 Å². The van der Waals surface area contributed by atoms with Gasteiger partial charge < -0.3 is 30.4 Å². The number of carbonyl (C=O) groups is 1. The Hall–Kier alpha value is -4.69. The van der Waals surface area contributed by atoms with Crippen LogP contribution in [0.4, 0.5) is 0 Å². The Morgan fingerprint density at radius 2 is 1.71 bits per heavy atom. The summed E-state index contributed by atoms with van der Waals surface area (Å²) in [6.07, 6.45) is 1.66. The van der Waals surface area contributed by atoms with Gasteiger partial charge in [0.25, 0.3) is 5.56 Å². The fraction of sp³-hybridized carbons (Fsp3) is 0.125. The highest BCUT2D eigenvalue weighted by molar-refractivity contribution is 7.07. The van der Waals surface area contributed by atoms with Crippen molar-refractivity contribution in [2.24, 2.45) is 11.5 Å². The Morgan fingerprint density at radius 1 is 1.06 bits per heavy atom. The number of rotatable bonds is 3. The van der Waals surface area contributed by atoms with Crippen LogP contribution < -0.4 is 45.2 Å². The Labute approximate surface area is 201 Å². The highest BCUT2D eigenvalue weighted by Gasteiger charge is 2.35. The molecule has 1 amide bonds. The first-order valence-corrected chi connectivity index (χ1v) is 11.2. The predicted molar refractivity (Wildman–Crippen MR) is 125 cm³/mol. The maximum atomic E-state index is 13.3. The highest BCUT2D eigenvalue weighted by atomic mass is 32.1. The topological polar surface area (TPSA) is 152 Å². The molecule has 0 aliphatic carbocycles. The largest absolute Gasteiger partial charge is 0.454 e. The third-order valence-electron chi connectivity index (χ3n) is 5.96. The van der Waals surface area contributed by atoms with E-state index in [1.165, 1.54) is 4.57 Å². The number of aromatic nitrogens is 1. The van der Waals surface area contributed by atoms with Gasteiger partial charge in [-0.15, -0.1) is 11.3 Å². The zero-order valence-electron chi connectivity index (χ0n) is 17.9. The van der Waals surface area contributed by atoms with Crippen LogP contribution >= 0.6 is 11.3 Å². The number of allylic oxidation sites excluding steroid dienone is 1. The van der Waals surface area contributed by atoms with Crippen molar-refractivity contribution >= 4 is 34.7 Å². The Bertz CT molecular complexity index is 1690. The molecule has 35 heavy (non-hydrogen) atoms. The summed E-state index contributed by atoms with van der Waals surface area (Å²) in [6.45, 7) is 0.202. The van der Waals surface area contributed by atoms with Gasteiger partial charge in [0.15, 0.2) is 23.0 Å². The number of thiazole rings is 1. The number of carbonyl (C=O) groups excluding carboxylic acids is 1. The van der Waals surface area contributed by atoms with Gasteiger partial charge in [0.05, 0.1) is 27.7 Å². The van der Waals surface area contributed by atoms with Gasteiger partial charge in [-0.05, 0) is 41.5 Å². The zero-order chi connectivity index (χ0) is 24.3. The van der Waals surface area contributed by atoms with Crippen molar-refractivity contribution in [3.05, 3.63) is 72.6 Å². The maximum Gasteiger partial charge on any atom is 0.274 e. The third-order valence-corrected chi connectivity index (χ3v) is 7.07. The minimum absolute atomic E-state index is 0.0414. The lowest BCUT2D eigenvalue weighted by Gasteiger charge is -2.24. The first kappa shape index (κ1) is 20.9. The van der Waals surface area contributed by atoms with E-state index in [1.807, 2.05) is 0 Å². The number of amides is 1. The SMILES string of the molecule is N#CC1=C(N)n2c(s/c(=C/c3ccc4c(c3)OCO4)c2=O)=C(C(N)=O)[C@@H]1c1ccc2c(c1)OCO2. The van der Waals surface area contributed by atoms with Crippen LogP contribution in [0.25, 0.3) is 17.5 Å². The summed E-state index contributed by atoms with van der Waals surface area (Å²) in [5.41, 5.74) is 13.1. The molecule has 11 heteroatoms. The van der Waals surface area contributed by atoms with Gasteiger partial charge in [-0.1, -0.05) is 12.1 Å². The van der Waals surface area contributed by atoms with Crippen LogP contribution in [0.2, 0.25) is 0 Å². The average molecular weight is 488 g/mol. The van der Waals surface area contributed by atoms with E-state index in [-0.39, 0.29) is 35.2 Å². The molecule has 1 aromatic heterocycles. The lowest BCUT2D eigenvalue weighted by atomic mass is 9.83. The monoisotopic (exact) mass is 488 g/mol. The molecule has 10 nitrogen and oxygen atoms in total. The van der Waals surface area contributed by atoms with Gasteiger partial charge in [0.2, 0.25) is 19.5 Å². The van der Waals surface area contributed by atoms with Crippen molar-refractivity contribution in [3.8, 4) is 29.1 Å². The second-order valence-corrected chi connectivity index (χ2v) is 8.93. The molecule has 174 valence electrons. The summed E-state index contributed by atoms with van der Waals surface area (Å²) < 4.78 is 23.3. The summed E-state index contributed by atoms with van der Waals surface area (Å²) in [4.78, 5) is 26.1. The molecule has 6 rings (SSSR count). The minimum atomic E-state index is -0.872. The minimum Gasteiger partial charge on any atom is -0.454 e. The molecular weight excluding hydrogens is 472 g/mol. The molecule has 0 bridgehead atoms. The summed E-state index contributed by atoms with van der Waals surface area (Å²) in [7, 11) is 0. The number of nitrogens with two attached hydrogens (primary N) is 2. The molecule has 0 fully saturated rings. The van der Waals surface area contributed by atoms with E-state index < -0.39 is 17.4 Å². The summed E-state index contributed by atoms with van der Waals surface area (Å²) >= 11 is 1.07. The summed E-state index contributed by atoms with van der Waals surface area (Å²) in [5.74, 6) is 0.523.